The summed E-state index contributed by atoms with van der Waals surface area (Å²) >= 11 is 0. The minimum Gasteiger partial charge on any atom is -0.481 e. The first-order chi connectivity index (χ1) is 7.54. The molecule has 0 aromatic heterocycles. The number of aliphatic carboxylic acids is 1. The minimum atomic E-state index is -0.923. The van der Waals surface area contributed by atoms with Crippen LogP contribution in [0.4, 0.5) is 0 Å². The molecule has 4 heteroatoms. The van der Waals surface area contributed by atoms with Crippen LogP contribution in [0.5, 0.6) is 0 Å². The molecule has 0 saturated carbocycles. The van der Waals surface area contributed by atoms with Gasteiger partial charge in [0, 0.05) is 12.1 Å². The van der Waals surface area contributed by atoms with Gasteiger partial charge in [0.15, 0.2) is 0 Å². The van der Waals surface area contributed by atoms with Crippen LogP contribution in [0.2, 0.25) is 0 Å². The number of hydrogen-bond acceptors (Lipinski definition) is 3. The summed E-state index contributed by atoms with van der Waals surface area (Å²) < 4.78 is 0. The largest absolute Gasteiger partial charge is 0.481 e. The van der Waals surface area contributed by atoms with Gasteiger partial charge in [0.25, 0.3) is 0 Å². The molecule has 2 unspecified atom stereocenters. The number of carboxylic acids is 1. The van der Waals surface area contributed by atoms with Gasteiger partial charge in [0.1, 0.15) is 0 Å². The van der Waals surface area contributed by atoms with Crippen LogP contribution in [0, 0.1) is 0 Å². The van der Waals surface area contributed by atoms with E-state index in [-0.39, 0.29) is 6.42 Å². The molecule has 0 aliphatic heterocycles. The molecule has 1 aromatic rings. The molecule has 16 heavy (non-hydrogen) atoms. The van der Waals surface area contributed by atoms with Gasteiger partial charge in [-0.15, -0.1) is 0 Å². The van der Waals surface area contributed by atoms with Crippen LogP contribution in [0.25, 0.3) is 0 Å². The fourth-order valence-corrected chi connectivity index (χ4v) is 1.55. The second kappa shape index (κ2) is 5.63. The quantitative estimate of drug-likeness (QED) is 0.694. The molecule has 0 saturated heterocycles. The normalized spacial score (nSPS) is 14.4. The first kappa shape index (κ1) is 12.7. The monoisotopic (exact) mass is 222 g/mol. The highest BCUT2D eigenvalue weighted by Crippen LogP contribution is 2.16. The average Bonchev–Trinajstić information content (AvgIpc) is 2.27. The van der Waals surface area contributed by atoms with Crippen molar-refractivity contribution >= 4 is 5.97 Å². The molecule has 0 fully saturated rings. The lowest BCUT2D eigenvalue weighted by Gasteiger charge is -2.18. The van der Waals surface area contributed by atoms with E-state index >= 15 is 0 Å². The Labute approximate surface area is 95.3 Å². The Bertz CT molecular complexity index is 349. The maximum Gasteiger partial charge on any atom is 0.304 e. The van der Waals surface area contributed by atoms with Gasteiger partial charge in [-0.2, -0.15) is 0 Å². The van der Waals surface area contributed by atoms with Crippen molar-refractivity contribution in [3.05, 3.63) is 35.4 Å². The Balaban J connectivity index is 2.71. The zero-order valence-electron chi connectivity index (χ0n) is 9.39. The van der Waals surface area contributed by atoms with Crippen LogP contribution in [0.15, 0.2) is 24.3 Å². The van der Waals surface area contributed by atoms with Gasteiger partial charge in [0.2, 0.25) is 0 Å². The van der Waals surface area contributed by atoms with Gasteiger partial charge in [-0.1, -0.05) is 31.2 Å². The Morgan fingerprint density at radius 1 is 1.31 bits per heavy atom. The van der Waals surface area contributed by atoms with Crippen molar-refractivity contribution in [3.8, 4) is 0 Å². The van der Waals surface area contributed by atoms with Gasteiger partial charge < -0.3 is 16.6 Å². The van der Waals surface area contributed by atoms with Crippen LogP contribution in [0.3, 0.4) is 0 Å². The van der Waals surface area contributed by atoms with E-state index in [1.807, 2.05) is 24.3 Å². The maximum atomic E-state index is 10.5. The molecule has 1 rings (SSSR count). The first-order valence-corrected chi connectivity index (χ1v) is 5.36. The summed E-state index contributed by atoms with van der Waals surface area (Å²) in [5, 5.41) is 8.63. The zero-order valence-corrected chi connectivity index (χ0v) is 9.39. The molecule has 5 N–H and O–H groups in total. The van der Waals surface area contributed by atoms with Crippen LogP contribution in [-0.4, -0.2) is 17.1 Å². The molecule has 0 bridgehead atoms. The predicted molar refractivity (Wildman–Crippen MR) is 63.0 cm³/mol. The summed E-state index contributed by atoms with van der Waals surface area (Å²) in [6.45, 7) is 2.07. The molecule has 0 spiro atoms. The van der Waals surface area contributed by atoms with Gasteiger partial charge in [0.05, 0.1) is 6.42 Å². The van der Waals surface area contributed by atoms with Gasteiger partial charge in [-0.25, -0.2) is 0 Å². The number of nitrogens with two attached hydrogens (primary N) is 2. The number of hydrogen-bond donors (Lipinski definition) is 3. The van der Waals surface area contributed by atoms with Crippen molar-refractivity contribution in [2.75, 3.05) is 0 Å². The second-order valence-corrected chi connectivity index (χ2v) is 3.88. The highest BCUT2D eigenvalue weighted by molar-refractivity contribution is 5.67. The second-order valence-electron chi connectivity index (χ2n) is 3.88. The standard InChI is InChI=1S/C12H18N2O2/c1-2-8-3-5-9(6-4-8)12(14)10(13)7-11(15)16/h3-6,10,12H,2,7,13-14H2,1H3,(H,15,16). The SMILES string of the molecule is CCc1ccc(C(N)C(N)CC(=O)O)cc1. The smallest absolute Gasteiger partial charge is 0.304 e. The molecule has 2 atom stereocenters. The Kier molecular flexibility index (Phi) is 4.46. The molecule has 0 heterocycles. The molecule has 0 aliphatic carbocycles. The minimum absolute atomic E-state index is 0.114. The summed E-state index contributed by atoms with van der Waals surface area (Å²) in [6.07, 6.45) is 0.855. The summed E-state index contributed by atoms with van der Waals surface area (Å²) in [6, 6.07) is 6.81. The van der Waals surface area contributed by atoms with Gasteiger partial charge in [-0.3, -0.25) is 4.79 Å². The molecule has 4 nitrogen and oxygen atoms in total. The lowest BCUT2D eigenvalue weighted by molar-refractivity contribution is -0.137. The van der Waals surface area contributed by atoms with Crippen LogP contribution in [-0.2, 0) is 11.2 Å². The third-order valence-corrected chi connectivity index (χ3v) is 2.64. The molecular formula is C12H18N2O2. The number of carboxylic acid groups (broad SMARTS) is 1. The topological polar surface area (TPSA) is 89.3 Å². The van der Waals surface area contributed by atoms with Gasteiger partial charge in [-0.05, 0) is 17.5 Å². The zero-order chi connectivity index (χ0) is 12.1. The number of aryl methyl sites for hydroxylation is 1. The molecular weight excluding hydrogens is 204 g/mol. The lowest BCUT2D eigenvalue weighted by Crippen LogP contribution is -2.36. The summed E-state index contributed by atoms with van der Waals surface area (Å²) in [5.41, 5.74) is 13.7. The van der Waals surface area contributed by atoms with Crippen molar-refractivity contribution < 1.29 is 9.90 Å². The van der Waals surface area contributed by atoms with E-state index in [2.05, 4.69) is 6.92 Å². The van der Waals surface area contributed by atoms with Crippen LogP contribution >= 0.6 is 0 Å². The van der Waals surface area contributed by atoms with E-state index in [0.29, 0.717) is 0 Å². The average molecular weight is 222 g/mol. The van der Waals surface area contributed by atoms with Crippen LogP contribution < -0.4 is 11.5 Å². The van der Waals surface area contributed by atoms with Crippen molar-refractivity contribution in [3.63, 3.8) is 0 Å². The Morgan fingerprint density at radius 2 is 1.88 bits per heavy atom. The van der Waals surface area contributed by atoms with Crippen molar-refractivity contribution in [1.29, 1.82) is 0 Å². The lowest BCUT2D eigenvalue weighted by atomic mass is 9.97. The van der Waals surface area contributed by atoms with E-state index in [1.54, 1.807) is 0 Å². The van der Waals surface area contributed by atoms with E-state index in [1.165, 1.54) is 5.56 Å². The van der Waals surface area contributed by atoms with E-state index < -0.39 is 18.1 Å². The molecule has 0 amide bonds. The third-order valence-electron chi connectivity index (χ3n) is 2.64. The highest BCUT2D eigenvalue weighted by Gasteiger charge is 2.17. The third kappa shape index (κ3) is 3.32. The molecule has 1 aromatic carbocycles. The van der Waals surface area contributed by atoms with Crippen molar-refractivity contribution in [2.24, 2.45) is 11.5 Å². The molecule has 0 aliphatic rings. The molecule has 0 radical (unpaired) electrons. The fraction of sp³-hybridized carbons (Fsp3) is 0.417. The summed E-state index contributed by atoms with van der Waals surface area (Å²) in [7, 11) is 0. The highest BCUT2D eigenvalue weighted by atomic mass is 16.4. The summed E-state index contributed by atoms with van der Waals surface area (Å²) in [4.78, 5) is 10.5. The maximum absolute atomic E-state index is 10.5. The summed E-state index contributed by atoms with van der Waals surface area (Å²) in [5.74, 6) is -0.923. The van der Waals surface area contributed by atoms with Gasteiger partial charge >= 0.3 is 5.97 Å². The predicted octanol–water partition coefficient (Wildman–Crippen LogP) is 1.05. The first-order valence-electron chi connectivity index (χ1n) is 5.36. The number of rotatable bonds is 5. The van der Waals surface area contributed by atoms with Crippen LogP contribution in [0.1, 0.15) is 30.5 Å². The van der Waals surface area contributed by atoms with E-state index in [0.717, 1.165) is 12.0 Å². The number of benzene rings is 1. The Hall–Kier alpha value is -1.39. The molecule has 88 valence electrons. The fourth-order valence-electron chi connectivity index (χ4n) is 1.55. The Morgan fingerprint density at radius 3 is 2.31 bits per heavy atom. The van der Waals surface area contributed by atoms with Crippen molar-refractivity contribution in [1.82, 2.24) is 0 Å². The number of carbonyl (C=O) groups is 1. The van der Waals surface area contributed by atoms with E-state index in [4.69, 9.17) is 16.6 Å². The van der Waals surface area contributed by atoms with E-state index in [9.17, 15) is 4.79 Å². The van der Waals surface area contributed by atoms with Crippen molar-refractivity contribution in [2.45, 2.75) is 31.8 Å².